The fraction of sp³-hybridized carbons (Fsp3) is 0.615. The molecule has 1 aromatic rings. The van der Waals surface area contributed by atoms with E-state index in [1.807, 2.05) is 0 Å². The summed E-state index contributed by atoms with van der Waals surface area (Å²) in [5.74, 6) is 0.788. The van der Waals surface area contributed by atoms with Crippen LogP contribution in [0.15, 0.2) is 29.4 Å². The maximum atomic E-state index is 12.1. The van der Waals surface area contributed by atoms with Crippen molar-refractivity contribution in [2.24, 2.45) is 17.6 Å². The molecule has 2 rings (SSSR count). The quantitative estimate of drug-likeness (QED) is 0.848. The highest BCUT2D eigenvalue weighted by molar-refractivity contribution is 7.89. The predicted octanol–water partition coefficient (Wildman–Crippen LogP) is 1.12. The second-order valence-electron chi connectivity index (χ2n) is 5.08. The van der Waals surface area contributed by atoms with E-state index < -0.39 is 10.0 Å². The molecule has 2 unspecified atom stereocenters. The highest BCUT2D eigenvalue weighted by atomic mass is 32.2. The van der Waals surface area contributed by atoms with Crippen molar-refractivity contribution < 1.29 is 8.42 Å². The van der Waals surface area contributed by atoms with E-state index in [1.54, 1.807) is 18.3 Å². The first-order chi connectivity index (χ1) is 9.13. The molecular weight excluding hydrogens is 262 g/mol. The zero-order chi connectivity index (χ0) is 13.7. The fourth-order valence-electron chi connectivity index (χ4n) is 2.67. The first-order valence-corrected chi connectivity index (χ1v) is 8.21. The lowest BCUT2D eigenvalue weighted by Gasteiger charge is -2.30. The highest BCUT2D eigenvalue weighted by Gasteiger charge is 2.25. The number of pyridine rings is 1. The van der Waals surface area contributed by atoms with Gasteiger partial charge in [-0.15, -0.1) is 0 Å². The third-order valence-corrected chi connectivity index (χ3v) is 5.26. The van der Waals surface area contributed by atoms with E-state index >= 15 is 0 Å². The zero-order valence-corrected chi connectivity index (χ0v) is 11.8. The number of hydrogen-bond acceptors (Lipinski definition) is 4. The monoisotopic (exact) mass is 283 g/mol. The average molecular weight is 283 g/mol. The maximum Gasteiger partial charge on any atom is 0.242 e. The van der Waals surface area contributed by atoms with Crippen molar-refractivity contribution in [2.45, 2.75) is 30.6 Å². The molecule has 0 aliphatic heterocycles. The van der Waals surface area contributed by atoms with Gasteiger partial charge in [0, 0.05) is 18.9 Å². The van der Waals surface area contributed by atoms with Gasteiger partial charge in [-0.25, -0.2) is 13.1 Å². The van der Waals surface area contributed by atoms with Crippen LogP contribution in [0.25, 0.3) is 0 Å². The normalized spacial score (nSPS) is 24.3. The number of nitrogens with one attached hydrogen (secondary N) is 1. The van der Waals surface area contributed by atoms with Crippen molar-refractivity contribution in [3.05, 3.63) is 24.5 Å². The molecule has 1 heterocycles. The Kier molecular flexibility index (Phi) is 4.90. The zero-order valence-electron chi connectivity index (χ0n) is 11.0. The Hall–Kier alpha value is -0.980. The maximum absolute atomic E-state index is 12.1. The highest BCUT2D eigenvalue weighted by Crippen LogP contribution is 2.29. The summed E-state index contributed by atoms with van der Waals surface area (Å²) in [4.78, 5) is 4.06. The van der Waals surface area contributed by atoms with Crippen molar-refractivity contribution in [2.75, 3.05) is 13.1 Å². The summed E-state index contributed by atoms with van der Waals surface area (Å²) in [6, 6.07) is 3.18. The van der Waals surface area contributed by atoms with Crippen molar-refractivity contribution in [1.82, 2.24) is 9.71 Å². The topological polar surface area (TPSA) is 85.1 Å². The van der Waals surface area contributed by atoms with E-state index in [0.717, 1.165) is 19.3 Å². The minimum atomic E-state index is -3.44. The second kappa shape index (κ2) is 6.45. The van der Waals surface area contributed by atoms with E-state index in [9.17, 15) is 8.42 Å². The third kappa shape index (κ3) is 3.75. The van der Waals surface area contributed by atoms with Gasteiger partial charge in [0.05, 0.1) is 0 Å². The average Bonchev–Trinajstić information content (AvgIpc) is 2.46. The van der Waals surface area contributed by atoms with Crippen LogP contribution in [0.5, 0.6) is 0 Å². The fourth-order valence-corrected chi connectivity index (χ4v) is 3.73. The summed E-state index contributed by atoms with van der Waals surface area (Å²) in [5.41, 5.74) is 5.76. The molecule has 6 heteroatoms. The Labute approximate surface area is 114 Å². The number of rotatable bonds is 5. The van der Waals surface area contributed by atoms with Crippen LogP contribution in [0.2, 0.25) is 0 Å². The van der Waals surface area contributed by atoms with Gasteiger partial charge in [0.25, 0.3) is 0 Å². The molecule has 5 nitrogen and oxygen atoms in total. The van der Waals surface area contributed by atoms with Crippen LogP contribution in [-0.4, -0.2) is 26.5 Å². The summed E-state index contributed by atoms with van der Waals surface area (Å²) in [5, 5.41) is 0. The number of nitrogens with two attached hydrogens (primary N) is 1. The van der Waals surface area contributed by atoms with Crippen LogP contribution in [0, 0.1) is 11.8 Å². The Morgan fingerprint density at radius 2 is 2.05 bits per heavy atom. The minimum Gasteiger partial charge on any atom is -0.330 e. The molecule has 0 saturated heterocycles. The van der Waals surface area contributed by atoms with Gasteiger partial charge < -0.3 is 5.73 Å². The SMILES string of the molecule is NCC1CCCCC1CNS(=O)(=O)c1cccnc1. The lowest BCUT2D eigenvalue weighted by molar-refractivity contribution is 0.244. The number of hydrogen-bond donors (Lipinski definition) is 2. The molecule has 0 bridgehead atoms. The molecule has 1 saturated carbocycles. The number of nitrogens with zero attached hydrogens (tertiary/aromatic N) is 1. The molecule has 19 heavy (non-hydrogen) atoms. The summed E-state index contributed by atoms with van der Waals surface area (Å²) in [7, 11) is -3.44. The molecule has 2 atom stereocenters. The molecule has 1 fully saturated rings. The van der Waals surface area contributed by atoms with Crippen LogP contribution in [0.3, 0.4) is 0 Å². The second-order valence-corrected chi connectivity index (χ2v) is 6.85. The Morgan fingerprint density at radius 1 is 1.32 bits per heavy atom. The van der Waals surface area contributed by atoms with Crippen molar-refractivity contribution >= 4 is 10.0 Å². The summed E-state index contributed by atoms with van der Waals surface area (Å²) >= 11 is 0. The molecule has 1 aliphatic rings. The molecule has 1 aliphatic carbocycles. The standard InChI is InChI=1S/C13H21N3O2S/c14-8-11-4-1-2-5-12(11)9-16-19(17,18)13-6-3-7-15-10-13/h3,6-7,10-12,16H,1-2,4-5,8-9,14H2. The van der Waals surface area contributed by atoms with Gasteiger partial charge in [-0.05, 0) is 43.4 Å². The van der Waals surface area contributed by atoms with E-state index in [-0.39, 0.29) is 4.90 Å². The molecule has 1 aromatic heterocycles. The van der Waals surface area contributed by atoms with Gasteiger partial charge in [-0.2, -0.15) is 0 Å². The Bertz CT molecular complexity index is 490. The molecule has 0 aromatic carbocycles. The largest absolute Gasteiger partial charge is 0.330 e. The summed E-state index contributed by atoms with van der Waals surface area (Å²) in [6.45, 7) is 1.11. The van der Waals surface area contributed by atoms with Crippen molar-refractivity contribution in [3.8, 4) is 0 Å². The number of aromatic nitrogens is 1. The van der Waals surface area contributed by atoms with Gasteiger partial charge in [0.1, 0.15) is 4.90 Å². The smallest absolute Gasteiger partial charge is 0.242 e. The van der Waals surface area contributed by atoms with Gasteiger partial charge in [-0.3, -0.25) is 4.98 Å². The first kappa shape index (κ1) is 14.4. The minimum absolute atomic E-state index is 0.218. The van der Waals surface area contributed by atoms with Crippen molar-refractivity contribution in [3.63, 3.8) is 0 Å². The summed E-state index contributed by atoms with van der Waals surface area (Å²) in [6.07, 6.45) is 7.45. The lowest BCUT2D eigenvalue weighted by atomic mass is 9.79. The van der Waals surface area contributed by atoms with Crippen LogP contribution in [0.4, 0.5) is 0 Å². The van der Waals surface area contributed by atoms with Crippen LogP contribution >= 0.6 is 0 Å². The molecular formula is C13H21N3O2S. The van der Waals surface area contributed by atoms with Crippen LogP contribution in [-0.2, 0) is 10.0 Å². The van der Waals surface area contributed by atoms with Gasteiger partial charge in [0.2, 0.25) is 10.0 Å². The van der Waals surface area contributed by atoms with E-state index in [2.05, 4.69) is 9.71 Å². The predicted molar refractivity (Wildman–Crippen MR) is 73.9 cm³/mol. The Balaban J connectivity index is 1.98. The molecule has 3 N–H and O–H groups in total. The van der Waals surface area contributed by atoms with Crippen molar-refractivity contribution in [1.29, 1.82) is 0 Å². The first-order valence-electron chi connectivity index (χ1n) is 6.73. The summed E-state index contributed by atoms with van der Waals surface area (Å²) < 4.78 is 26.9. The Morgan fingerprint density at radius 3 is 2.68 bits per heavy atom. The van der Waals surface area contributed by atoms with Crippen LogP contribution in [0.1, 0.15) is 25.7 Å². The molecule has 0 spiro atoms. The third-order valence-electron chi connectivity index (χ3n) is 3.85. The molecule has 0 amide bonds. The van der Waals surface area contributed by atoms with E-state index in [4.69, 9.17) is 5.73 Å². The van der Waals surface area contributed by atoms with E-state index in [1.165, 1.54) is 12.6 Å². The lowest BCUT2D eigenvalue weighted by Crippen LogP contribution is -2.36. The molecule has 106 valence electrons. The van der Waals surface area contributed by atoms with Gasteiger partial charge in [0.15, 0.2) is 0 Å². The van der Waals surface area contributed by atoms with Crippen LogP contribution < -0.4 is 10.5 Å². The van der Waals surface area contributed by atoms with Gasteiger partial charge in [-0.1, -0.05) is 12.8 Å². The number of sulfonamides is 1. The van der Waals surface area contributed by atoms with Gasteiger partial charge >= 0.3 is 0 Å². The van der Waals surface area contributed by atoms with E-state index in [0.29, 0.717) is 24.9 Å². The molecule has 0 radical (unpaired) electrons.